The van der Waals surface area contributed by atoms with Gasteiger partial charge in [-0.05, 0) is 24.6 Å². The highest BCUT2D eigenvalue weighted by Gasteiger charge is 2.22. The van der Waals surface area contributed by atoms with Gasteiger partial charge in [0.15, 0.2) is 0 Å². The zero-order chi connectivity index (χ0) is 15.0. The molecule has 5 heteroatoms. The molecule has 0 atom stereocenters. The van der Waals surface area contributed by atoms with Crippen LogP contribution < -0.4 is 0 Å². The van der Waals surface area contributed by atoms with Crippen LogP contribution in [0.15, 0.2) is 29.2 Å². The van der Waals surface area contributed by atoms with Crippen molar-refractivity contribution in [1.29, 1.82) is 0 Å². The predicted molar refractivity (Wildman–Crippen MR) is 79.7 cm³/mol. The highest BCUT2D eigenvalue weighted by atomic mass is 32.2. The number of aliphatic hydroxyl groups is 1. The maximum atomic E-state index is 12.5. The topological polar surface area (TPSA) is 57.6 Å². The van der Waals surface area contributed by atoms with Gasteiger partial charge in [0, 0.05) is 18.7 Å². The third kappa shape index (κ3) is 4.34. The van der Waals surface area contributed by atoms with E-state index in [2.05, 4.69) is 11.8 Å². The first kappa shape index (κ1) is 16.7. The molecule has 0 saturated carbocycles. The summed E-state index contributed by atoms with van der Waals surface area (Å²) in [6.45, 7) is 4.61. The summed E-state index contributed by atoms with van der Waals surface area (Å²) in [4.78, 5) is 0.250. The molecule has 1 aromatic rings. The van der Waals surface area contributed by atoms with Crippen molar-refractivity contribution in [3.05, 3.63) is 29.8 Å². The molecule has 0 aliphatic heterocycles. The molecule has 0 aromatic heterocycles. The third-order valence-corrected chi connectivity index (χ3v) is 4.87. The van der Waals surface area contributed by atoms with E-state index in [1.54, 1.807) is 24.3 Å². The molecule has 1 N–H and O–H groups in total. The molecule has 1 aromatic carbocycles. The minimum Gasteiger partial charge on any atom is -0.384 e. The Bertz CT molecular complexity index is 585. The van der Waals surface area contributed by atoms with Gasteiger partial charge in [0.1, 0.15) is 6.61 Å². The summed E-state index contributed by atoms with van der Waals surface area (Å²) < 4.78 is 26.5. The lowest BCUT2D eigenvalue weighted by Gasteiger charge is -2.20. The van der Waals surface area contributed by atoms with E-state index < -0.39 is 10.0 Å². The average molecular weight is 295 g/mol. The molecule has 0 saturated heterocycles. The van der Waals surface area contributed by atoms with Crippen molar-refractivity contribution in [2.45, 2.75) is 31.6 Å². The summed E-state index contributed by atoms with van der Waals surface area (Å²) >= 11 is 0. The second-order valence-corrected chi connectivity index (χ2v) is 6.28. The Hall–Kier alpha value is -1.35. The Kier molecular flexibility index (Phi) is 6.73. The van der Waals surface area contributed by atoms with Crippen LogP contribution in [-0.4, -0.2) is 37.5 Å². The molecule has 0 aliphatic rings. The van der Waals surface area contributed by atoms with E-state index in [4.69, 9.17) is 5.11 Å². The van der Waals surface area contributed by atoms with Gasteiger partial charge in [0.25, 0.3) is 0 Å². The number of hydrogen-bond donors (Lipinski definition) is 1. The first-order valence-electron chi connectivity index (χ1n) is 6.76. The van der Waals surface area contributed by atoms with E-state index in [0.717, 1.165) is 12.8 Å². The molecule has 0 aliphatic carbocycles. The van der Waals surface area contributed by atoms with Gasteiger partial charge < -0.3 is 5.11 Å². The minimum atomic E-state index is -3.47. The monoisotopic (exact) mass is 295 g/mol. The van der Waals surface area contributed by atoms with Gasteiger partial charge in [0.05, 0.1) is 4.90 Å². The summed E-state index contributed by atoms with van der Waals surface area (Å²) in [5, 5.41) is 8.68. The molecule has 1 rings (SSSR count). The first-order chi connectivity index (χ1) is 9.56. The fraction of sp³-hybridized carbons (Fsp3) is 0.467. The molecular formula is C15H21NO3S. The molecule has 0 radical (unpaired) electrons. The van der Waals surface area contributed by atoms with E-state index in [0.29, 0.717) is 18.7 Å². The Morgan fingerprint density at radius 1 is 1.30 bits per heavy atom. The zero-order valence-electron chi connectivity index (χ0n) is 12.0. The number of rotatable bonds is 6. The molecule has 0 amide bonds. The molecule has 0 spiro atoms. The maximum Gasteiger partial charge on any atom is 0.243 e. The van der Waals surface area contributed by atoms with E-state index in [9.17, 15) is 8.42 Å². The molecule has 0 bridgehead atoms. The fourth-order valence-electron chi connectivity index (χ4n) is 1.81. The number of nitrogens with zero attached hydrogens (tertiary/aromatic N) is 1. The number of benzene rings is 1. The van der Waals surface area contributed by atoms with Crippen molar-refractivity contribution in [3.8, 4) is 11.8 Å². The third-order valence-electron chi connectivity index (χ3n) is 2.90. The lowest BCUT2D eigenvalue weighted by atomic mass is 10.2. The number of sulfonamides is 1. The number of hydrogen-bond acceptors (Lipinski definition) is 3. The van der Waals surface area contributed by atoms with Gasteiger partial charge in [-0.15, -0.1) is 0 Å². The first-order valence-corrected chi connectivity index (χ1v) is 8.20. The number of aliphatic hydroxyl groups excluding tert-OH is 1. The van der Waals surface area contributed by atoms with E-state index in [1.165, 1.54) is 4.31 Å². The largest absolute Gasteiger partial charge is 0.384 e. The van der Waals surface area contributed by atoms with E-state index in [1.807, 2.05) is 13.8 Å². The minimum absolute atomic E-state index is 0.242. The number of unbranched alkanes of at least 4 members (excludes halogenated alkanes) is 1. The van der Waals surface area contributed by atoms with Crippen LogP contribution in [0, 0.1) is 11.8 Å². The van der Waals surface area contributed by atoms with E-state index >= 15 is 0 Å². The van der Waals surface area contributed by atoms with Crippen LogP contribution in [0.5, 0.6) is 0 Å². The van der Waals surface area contributed by atoms with Gasteiger partial charge in [-0.25, -0.2) is 8.42 Å². The Labute approximate surface area is 121 Å². The molecule has 110 valence electrons. The van der Waals surface area contributed by atoms with Crippen molar-refractivity contribution in [2.24, 2.45) is 0 Å². The molecule has 4 nitrogen and oxygen atoms in total. The van der Waals surface area contributed by atoms with Crippen LogP contribution in [-0.2, 0) is 10.0 Å². The van der Waals surface area contributed by atoms with Crippen LogP contribution in [0.1, 0.15) is 32.3 Å². The molecule has 20 heavy (non-hydrogen) atoms. The molecule has 0 unspecified atom stereocenters. The second kappa shape index (κ2) is 8.05. The van der Waals surface area contributed by atoms with Gasteiger partial charge in [-0.2, -0.15) is 4.31 Å². The standard InChI is InChI=1S/C15H21NO3S/c1-3-5-11-16(4-2)20(18,19)15-10-6-8-14(13-15)9-7-12-17/h6,8,10,13,17H,3-5,11-12H2,1-2H3. The SMILES string of the molecule is CCCCN(CC)S(=O)(=O)c1cccc(C#CCO)c1. The zero-order valence-corrected chi connectivity index (χ0v) is 12.8. The Balaban J connectivity index is 3.07. The van der Waals surface area contributed by atoms with Crippen molar-refractivity contribution >= 4 is 10.0 Å². The van der Waals surface area contributed by atoms with Gasteiger partial charge in [-0.3, -0.25) is 0 Å². The van der Waals surface area contributed by atoms with E-state index in [-0.39, 0.29) is 11.5 Å². The van der Waals surface area contributed by atoms with Gasteiger partial charge in [-0.1, -0.05) is 38.2 Å². The summed E-state index contributed by atoms with van der Waals surface area (Å²) in [5.41, 5.74) is 0.590. The average Bonchev–Trinajstić information content (AvgIpc) is 2.46. The van der Waals surface area contributed by atoms with Crippen LogP contribution >= 0.6 is 0 Å². The van der Waals surface area contributed by atoms with Gasteiger partial charge >= 0.3 is 0 Å². The Morgan fingerprint density at radius 3 is 2.65 bits per heavy atom. The molecule has 0 heterocycles. The predicted octanol–water partition coefficient (Wildman–Crippen LogP) is 1.84. The van der Waals surface area contributed by atoms with Crippen molar-refractivity contribution in [2.75, 3.05) is 19.7 Å². The van der Waals surface area contributed by atoms with Gasteiger partial charge in [0.2, 0.25) is 10.0 Å². The Morgan fingerprint density at radius 2 is 2.05 bits per heavy atom. The summed E-state index contributed by atoms with van der Waals surface area (Å²) in [6.07, 6.45) is 1.80. The van der Waals surface area contributed by atoms with Crippen molar-refractivity contribution in [1.82, 2.24) is 4.31 Å². The lowest BCUT2D eigenvalue weighted by molar-refractivity contribution is 0.350. The van der Waals surface area contributed by atoms with Crippen LogP contribution in [0.2, 0.25) is 0 Å². The summed E-state index contributed by atoms with van der Waals surface area (Å²) in [6, 6.07) is 6.52. The van der Waals surface area contributed by atoms with Crippen LogP contribution in [0.3, 0.4) is 0 Å². The smallest absolute Gasteiger partial charge is 0.243 e. The highest BCUT2D eigenvalue weighted by molar-refractivity contribution is 7.89. The highest BCUT2D eigenvalue weighted by Crippen LogP contribution is 2.17. The lowest BCUT2D eigenvalue weighted by Crippen LogP contribution is -2.31. The van der Waals surface area contributed by atoms with Crippen LogP contribution in [0.4, 0.5) is 0 Å². The summed E-state index contributed by atoms with van der Waals surface area (Å²) in [5.74, 6) is 5.24. The van der Waals surface area contributed by atoms with Crippen molar-refractivity contribution < 1.29 is 13.5 Å². The second-order valence-electron chi connectivity index (χ2n) is 4.34. The van der Waals surface area contributed by atoms with Crippen LogP contribution in [0.25, 0.3) is 0 Å². The quantitative estimate of drug-likeness (QED) is 0.815. The summed E-state index contributed by atoms with van der Waals surface area (Å²) in [7, 11) is -3.47. The normalized spacial score (nSPS) is 11.2. The maximum absolute atomic E-state index is 12.5. The molecular weight excluding hydrogens is 274 g/mol. The molecule has 0 fully saturated rings. The van der Waals surface area contributed by atoms with Crippen molar-refractivity contribution in [3.63, 3.8) is 0 Å². The fourth-order valence-corrected chi connectivity index (χ4v) is 3.34.